The molecule has 0 aliphatic carbocycles. The van der Waals surface area contributed by atoms with Gasteiger partial charge in [0.1, 0.15) is 5.69 Å². The first-order valence-electron chi connectivity index (χ1n) is 10.6. The van der Waals surface area contributed by atoms with E-state index in [4.69, 9.17) is 0 Å². The van der Waals surface area contributed by atoms with Crippen LogP contribution in [0, 0.1) is 6.92 Å². The number of anilines is 2. The van der Waals surface area contributed by atoms with E-state index in [0.29, 0.717) is 5.56 Å². The van der Waals surface area contributed by atoms with E-state index in [1.165, 1.54) is 35.2 Å². The molecule has 2 heterocycles. The van der Waals surface area contributed by atoms with Crippen molar-refractivity contribution >= 4 is 33.0 Å². The van der Waals surface area contributed by atoms with Gasteiger partial charge < -0.3 is 14.8 Å². The Hall–Kier alpha value is -3.60. The summed E-state index contributed by atoms with van der Waals surface area (Å²) < 4.78 is 64.3. The van der Waals surface area contributed by atoms with E-state index >= 15 is 0 Å². The van der Waals surface area contributed by atoms with Crippen molar-refractivity contribution in [3.63, 3.8) is 0 Å². The van der Waals surface area contributed by atoms with Gasteiger partial charge >= 0.3 is 6.18 Å². The number of hydrogen-bond donors (Lipinski definition) is 1. The molecule has 0 spiro atoms. The lowest BCUT2D eigenvalue weighted by Gasteiger charge is -2.33. The predicted octanol–water partition coefficient (Wildman–Crippen LogP) is 4.69. The Kier molecular flexibility index (Phi) is 6.00. The zero-order valence-corrected chi connectivity index (χ0v) is 19.9. The number of aromatic nitrogens is 1. The molecule has 0 fully saturated rings. The van der Waals surface area contributed by atoms with Crippen molar-refractivity contribution in [2.24, 2.45) is 0 Å². The second kappa shape index (κ2) is 8.56. The van der Waals surface area contributed by atoms with Gasteiger partial charge in [0.25, 0.3) is 11.8 Å². The third-order valence-electron chi connectivity index (χ3n) is 5.92. The van der Waals surface area contributed by atoms with Crippen LogP contribution in [0.2, 0.25) is 0 Å². The average molecular weight is 506 g/mol. The topological polar surface area (TPSA) is 88.5 Å². The highest BCUT2D eigenvalue weighted by molar-refractivity contribution is 7.90. The van der Waals surface area contributed by atoms with Crippen LogP contribution in [0.1, 0.15) is 44.9 Å². The molecular formula is C24H22F3N3O4S. The number of carbonyl (C=O) groups is 2. The predicted molar refractivity (Wildman–Crippen MR) is 125 cm³/mol. The van der Waals surface area contributed by atoms with Crippen LogP contribution in [-0.2, 0) is 16.0 Å². The lowest BCUT2D eigenvalue weighted by atomic mass is 10.1. The lowest BCUT2D eigenvalue weighted by Crippen LogP contribution is -2.43. The Morgan fingerprint density at radius 3 is 2.34 bits per heavy atom. The van der Waals surface area contributed by atoms with Gasteiger partial charge in [-0.15, -0.1) is 0 Å². The van der Waals surface area contributed by atoms with Gasteiger partial charge in [0.15, 0.2) is 9.84 Å². The smallest absolute Gasteiger partial charge is 0.338 e. The molecule has 3 aromatic rings. The van der Waals surface area contributed by atoms with Crippen LogP contribution in [0.3, 0.4) is 0 Å². The Morgan fingerprint density at radius 1 is 1.09 bits per heavy atom. The second-order valence-corrected chi connectivity index (χ2v) is 10.5. The fourth-order valence-electron chi connectivity index (χ4n) is 4.00. The molecule has 0 unspecified atom stereocenters. The number of sulfone groups is 1. The van der Waals surface area contributed by atoms with Crippen molar-refractivity contribution in [2.75, 3.05) is 23.0 Å². The molecule has 7 nitrogen and oxygen atoms in total. The highest BCUT2D eigenvalue weighted by Crippen LogP contribution is 2.33. The number of hydrogen-bond acceptors (Lipinski definition) is 4. The Bertz CT molecular complexity index is 1430. The molecule has 11 heteroatoms. The summed E-state index contributed by atoms with van der Waals surface area (Å²) in [5, 5.41) is 2.68. The van der Waals surface area contributed by atoms with E-state index in [1.54, 1.807) is 23.8 Å². The normalized spacial score (nSPS) is 16.2. The maximum absolute atomic E-state index is 13.4. The molecule has 0 saturated heterocycles. The number of nitrogens with zero attached hydrogens (tertiary/aromatic N) is 2. The number of aryl methyl sites for hydroxylation is 1. The van der Waals surface area contributed by atoms with E-state index in [2.05, 4.69) is 5.32 Å². The number of halogens is 3. The minimum atomic E-state index is -4.50. The van der Waals surface area contributed by atoms with Gasteiger partial charge in [0, 0.05) is 36.4 Å². The Morgan fingerprint density at radius 2 is 1.74 bits per heavy atom. The first kappa shape index (κ1) is 24.5. The molecule has 1 aromatic heterocycles. The van der Waals surface area contributed by atoms with Crippen molar-refractivity contribution in [1.82, 2.24) is 4.57 Å². The van der Waals surface area contributed by atoms with Crippen molar-refractivity contribution < 1.29 is 31.2 Å². The third kappa shape index (κ3) is 4.68. The van der Waals surface area contributed by atoms with E-state index in [-0.39, 0.29) is 40.1 Å². The molecule has 4 rings (SSSR count). The minimum Gasteiger partial charge on any atom is -0.338 e. The largest absolute Gasteiger partial charge is 0.416 e. The summed E-state index contributed by atoms with van der Waals surface area (Å²) in [7, 11) is -3.50. The number of benzene rings is 2. The van der Waals surface area contributed by atoms with Crippen molar-refractivity contribution in [3.05, 3.63) is 77.1 Å². The molecular weight excluding hydrogens is 483 g/mol. The molecule has 1 N–H and O–H groups in total. The van der Waals surface area contributed by atoms with Gasteiger partial charge in [-0.1, -0.05) is 6.07 Å². The van der Waals surface area contributed by atoms with Gasteiger partial charge in [-0.05, 0) is 61.9 Å². The molecule has 1 aliphatic heterocycles. The van der Waals surface area contributed by atoms with E-state index in [9.17, 15) is 31.2 Å². The number of fused-ring (bicyclic) bond motifs is 1. The maximum Gasteiger partial charge on any atom is 0.416 e. The van der Waals surface area contributed by atoms with Gasteiger partial charge in [-0.3, -0.25) is 9.59 Å². The summed E-state index contributed by atoms with van der Waals surface area (Å²) in [4.78, 5) is 27.9. The summed E-state index contributed by atoms with van der Waals surface area (Å²) in [6.45, 7) is 3.74. The van der Waals surface area contributed by atoms with E-state index < -0.39 is 33.4 Å². The van der Waals surface area contributed by atoms with Crippen molar-refractivity contribution in [3.8, 4) is 0 Å². The third-order valence-corrected chi connectivity index (χ3v) is 7.03. The molecule has 35 heavy (non-hydrogen) atoms. The number of amides is 2. The van der Waals surface area contributed by atoms with Crippen LogP contribution in [0.5, 0.6) is 0 Å². The quantitative estimate of drug-likeness (QED) is 0.557. The number of alkyl halides is 3. The summed E-state index contributed by atoms with van der Waals surface area (Å²) in [6.07, 6.45) is -1.83. The van der Waals surface area contributed by atoms with Crippen LogP contribution in [-0.4, -0.2) is 37.6 Å². The summed E-state index contributed by atoms with van der Waals surface area (Å²) in [5.74, 6) is -1.14. The summed E-state index contributed by atoms with van der Waals surface area (Å²) in [5.41, 5.74) is 0.540. The van der Waals surface area contributed by atoms with E-state index in [1.807, 2.05) is 6.92 Å². The minimum absolute atomic E-state index is 0.0375. The Labute approximate surface area is 200 Å². The molecule has 1 aliphatic rings. The monoisotopic (exact) mass is 505 g/mol. The second-order valence-electron chi connectivity index (χ2n) is 8.50. The lowest BCUT2D eigenvalue weighted by molar-refractivity contribution is -0.137. The van der Waals surface area contributed by atoms with Gasteiger partial charge in [-0.25, -0.2) is 8.42 Å². The molecule has 0 saturated carbocycles. The SMILES string of the molecule is Cc1ccc(S(C)(=O)=O)cc1NC(=O)c1ccn2c1C(=O)N(c1ccc(C(F)(F)F)cc1)C[C@@H]2C. The molecule has 0 radical (unpaired) electrons. The van der Waals surface area contributed by atoms with E-state index in [0.717, 1.165) is 18.4 Å². The average Bonchev–Trinajstić information content (AvgIpc) is 3.23. The molecule has 2 amide bonds. The number of carbonyl (C=O) groups excluding carboxylic acids is 2. The first-order chi connectivity index (χ1) is 16.3. The highest BCUT2D eigenvalue weighted by atomic mass is 32.2. The van der Waals surface area contributed by atoms with Gasteiger partial charge in [-0.2, -0.15) is 13.2 Å². The molecule has 2 aromatic carbocycles. The maximum atomic E-state index is 13.4. The molecule has 1 atom stereocenters. The zero-order valence-electron chi connectivity index (χ0n) is 19.1. The van der Waals surface area contributed by atoms with Gasteiger partial charge in [0.05, 0.1) is 16.0 Å². The molecule has 184 valence electrons. The highest BCUT2D eigenvalue weighted by Gasteiger charge is 2.35. The zero-order chi connectivity index (χ0) is 25.7. The van der Waals surface area contributed by atoms with Crippen molar-refractivity contribution in [1.29, 1.82) is 0 Å². The van der Waals surface area contributed by atoms with Crippen LogP contribution < -0.4 is 10.2 Å². The fraction of sp³-hybridized carbons (Fsp3) is 0.250. The Balaban J connectivity index is 1.66. The first-order valence-corrected chi connectivity index (χ1v) is 12.5. The number of nitrogens with one attached hydrogen (secondary N) is 1. The summed E-state index contributed by atoms with van der Waals surface area (Å²) >= 11 is 0. The van der Waals surface area contributed by atoms with Crippen LogP contribution in [0.4, 0.5) is 24.5 Å². The number of rotatable bonds is 4. The summed E-state index contributed by atoms with van der Waals surface area (Å²) in [6, 6.07) is 9.88. The molecule has 0 bridgehead atoms. The van der Waals surface area contributed by atoms with Crippen LogP contribution in [0.15, 0.2) is 59.6 Å². The van der Waals surface area contributed by atoms with Gasteiger partial charge in [0.2, 0.25) is 0 Å². The van der Waals surface area contributed by atoms with Crippen LogP contribution in [0.25, 0.3) is 0 Å². The standard InChI is InChI=1S/C24H22F3N3O4S/c1-14-4-9-18(35(3,33)34)12-20(14)28-22(31)19-10-11-29-15(2)13-30(23(32)21(19)29)17-7-5-16(6-8-17)24(25,26)27/h4-12,15H,13H2,1-3H3,(H,28,31)/t15-/m0/s1. The fourth-order valence-corrected chi connectivity index (χ4v) is 4.64. The van der Waals surface area contributed by atoms with Crippen molar-refractivity contribution in [2.45, 2.75) is 31.0 Å². The van der Waals surface area contributed by atoms with Crippen LogP contribution >= 0.6 is 0 Å².